The van der Waals surface area contributed by atoms with E-state index in [-0.39, 0.29) is 12.5 Å². The van der Waals surface area contributed by atoms with Crippen LogP contribution < -0.4 is 15.4 Å². The normalized spacial score (nSPS) is 10.7. The zero-order valence-corrected chi connectivity index (χ0v) is 13.4. The predicted molar refractivity (Wildman–Crippen MR) is 82.6 cm³/mol. The van der Waals surface area contributed by atoms with Crippen molar-refractivity contribution in [1.29, 1.82) is 0 Å². The van der Waals surface area contributed by atoms with E-state index < -0.39 is 0 Å². The number of hydrogen-bond acceptors (Lipinski definition) is 3. The number of carbonyl (C=O) groups excluding carboxylic acids is 1. The molecule has 0 aliphatic rings. The maximum Gasteiger partial charge on any atom is 0.257 e. The molecule has 0 saturated carbocycles. The number of ether oxygens (including phenoxy) is 1. The first-order valence-corrected chi connectivity index (χ1v) is 7.21. The monoisotopic (exact) mass is 318 g/mol. The van der Waals surface area contributed by atoms with Gasteiger partial charge in [-0.25, -0.2) is 0 Å². The van der Waals surface area contributed by atoms with Crippen LogP contribution in [-0.4, -0.2) is 26.1 Å². The van der Waals surface area contributed by atoms with Gasteiger partial charge in [-0.05, 0) is 24.6 Å². The molecule has 6 heteroatoms. The summed E-state index contributed by atoms with van der Waals surface area (Å²) in [6, 6.07) is 3.40. The molecule has 0 heterocycles. The summed E-state index contributed by atoms with van der Waals surface area (Å²) in [6.07, 6.45) is 0. The number of hydrogen-bond donors (Lipinski definition) is 2. The van der Waals surface area contributed by atoms with Gasteiger partial charge in [0.1, 0.15) is 5.75 Å². The Morgan fingerprint density at radius 3 is 2.65 bits per heavy atom. The van der Waals surface area contributed by atoms with Crippen LogP contribution in [0.1, 0.15) is 19.4 Å². The standard InChI is InChI=1S/C14H20Cl2N2O2/c1-9(2)6-18-7-10-4-11(15)5-12(16)14(10)20-8-13(19)17-3/h4-5,9,18H,6-8H2,1-3H3,(H,17,19). The molecule has 0 atom stereocenters. The van der Waals surface area contributed by atoms with Crippen molar-refractivity contribution in [3.8, 4) is 5.75 Å². The molecule has 1 aromatic carbocycles. The topological polar surface area (TPSA) is 50.4 Å². The van der Waals surface area contributed by atoms with Crippen LogP contribution in [0.25, 0.3) is 0 Å². The second kappa shape index (κ2) is 8.35. The van der Waals surface area contributed by atoms with Gasteiger partial charge < -0.3 is 15.4 Å². The fraction of sp³-hybridized carbons (Fsp3) is 0.500. The fourth-order valence-electron chi connectivity index (χ4n) is 1.61. The lowest BCUT2D eigenvalue weighted by molar-refractivity contribution is -0.122. The van der Waals surface area contributed by atoms with E-state index in [4.69, 9.17) is 27.9 Å². The highest BCUT2D eigenvalue weighted by molar-refractivity contribution is 6.35. The largest absolute Gasteiger partial charge is 0.482 e. The van der Waals surface area contributed by atoms with Gasteiger partial charge in [0.25, 0.3) is 5.91 Å². The van der Waals surface area contributed by atoms with Crippen molar-refractivity contribution >= 4 is 29.1 Å². The number of rotatable bonds is 7. The van der Waals surface area contributed by atoms with E-state index >= 15 is 0 Å². The minimum absolute atomic E-state index is 0.0744. The molecule has 4 nitrogen and oxygen atoms in total. The number of nitrogens with one attached hydrogen (secondary N) is 2. The average Bonchev–Trinajstić information content (AvgIpc) is 2.36. The first-order valence-electron chi connectivity index (χ1n) is 6.46. The van der Waals surface area contributed by atoms with Crippen LogP contribution in [0, 0.1) is 5.92 Å². The molecule has 20 heavy (non-hydrogen) atoms. The van der Waals surface area contributed by atoms with Crippen molar-refractivity contribution in [2.24, 2.45) is 5.92 Å². The Labute approximate surface area is 129 Å². The Bertz CT molecular complexity index is 465. The molecular weight excluding hydrogens is 299 g/mol. The van der Waals surface area contributed by atoms with Gasteiger partial charge >= 0.3 is 0 Å². The molecule has 0 saturated heterocycles. The quantitative estimate of drug-likeness (QED) is 0.812. The van der Waals surface area contributed by atoms with E-state index in [0.29, 0.717) is 28.3 Å². The lowest BCUT2D eigenvalue weighted by Gasteiger charge is -2.14. The highest BCUT2D eigenvalue weighted by Gasteiger charge is 2.12. The van der Waals surface area contributed by atoms with E-state index in [1.165, 1.54) is 0 Å². The third kappa shape index (κ3) is 5.57. The molecule has 0 radical (unpaired) electrons. The Balaban J connectivity index is 2.81. The Hall–Kier alpha value is -0.970. The van der Waals surface area contributed by atoms with Crippen LogP contribution in [0.2, 0.25) is 10.0 Å². The van der Waals surface area contributed by atoms with Gasteiger partial charge in [-0.1, -0.05) is 37.0 Å². The van der Waals surface area contributed by atoms with Crippen LogP contribution in [0.15, 0.2) is 12.1 Å². The van der Waals surface area contributed by atoms with Gasteiger partial charge in [0.15, 0.2) is 6.61 Å². The Kier molecular flexibility index (Phi) is 7.13. The van der Waals surface area contributed by atoms with E-state index in [0.717, 1.165) is 12.1 Å². The van der Waals surface area contributed by atoms with Gasteiger partial charge in [-0.3, -0.25) is 4.79 Å². The highest BCUT2D eigenvalue weighted by atomic mass is 35.5. The predicted octanol–water partition coefficient (Wildman–Crippen LogP) is 2.86. The van der Waals surface area contributed by atoms with Crippen molar-refractivity contribution in [3.05, 3.63) is 27.7 Å². The van der Waals surface area contributed by atoms with E-state index in [9.17, 15) is 4.79 Å². The van der Waals surface area contributed by atoms with Crippen LogP contribution in [-0.2, 0) is 11.3 Å². The first-order chi connectivity index (χ1) is 9.43. The maximum absolute atomic E-state index is 11.3. The summed E-state index contributed by atoms with van der Waals surface area (Å²) in [6.45, 7) is 5.64. The number of likely N-dealkylation sites (N-methyl/N-ethyl adjacent to an activating group) is 1. The molecule has 0 aromatic heterocycles. The van der Waals surface area contributed by atoms with Gasteiger partial charge in [0.2, 0.25) is 0 Å². The molecular formula is C14H20Cl2N2O2. The number of halogens is 2. The summed E-state index contributed by atoms with van der Waals surface area (Å²) in [5, 5.41) is 6.75. The number of carbonyl (C=O) groups is 1. The number of benzene rings is 1. The fourth-order valence-corrected chi connectivity index (χ4v) is 2.20. The highest BCUT2D eigenvalue weighted by Crippen LogP contribution is 2.32. The minimum atomic E-state index is -0.211. The zero-order chi connectivity index (χ0) is 15.1. The second-order valence-corrected chi connectivity index (χ2v) is 5.71. The maximum atomic E-state index is 11.3. The van der Waals surface area contributed by atoms with Crippen LogP contribution in [0.5, 0.6) is 5.75 Å². The Morgan fingerprint density at radius 1 is 1.35 bits per heavy atom. The van der Waals surface area contributed by atoms with E-state index in [1.807, 2.05) is 0 Å². The van der Waals surface area contributed by atoms with Gasteiger partial charge in [0, 0.05) is 24.2 Å². The zero-order valence-electron chi connectivity index (χ0n) is 11.9. The molecule has 0 unspecified atom stereocenters. The van der Waals surface area contributed by atoms with Crippen LogP contribution in [0.4, 0.5) is 0 Å². The van der Waals surface area contributed by atoms with Crippen molar-refractivity contribution in [3.63, 3.8) is 0 Å². The summed E-state index contributed by atoms with van der Waals surface area (Å²) in [5.41, 5.74) is 0.840. The summed E-state index contributed by atoms with van der Waals surface area (Å²) < 4.78 is 5.49. The lowest BCUT2D eigenvalue weighted by Crippen LogP contribution is -2.25. The first kappa shape index (κ1) is 17.1. The van der Waals surface area contributed by atoms with Gasteiger partial charge in [-0.2, -0.15) is 0 Å². The molecule has 112 valence electrons. The SMILES string of the molecule is CNC(=O)COc1c(Cl)cc(Cl)cc1CNCC(C)C. The van der Waals surface area contributed by atoms with E-state index in [2.05, 4.69) is 24.5 Å². The molecule has 1 rings (SSSR count). The van der Waals surface area contributed by atoms with Crippen molar-refractivity contribution in [2.75, 3.05) is 20.2 Å². The van der Waals surface area contributed by atoms with Crippen LogP contribution >= 0.6 is 23.2 Å². The lowest BCUT2D eigenvalue weighted by atomic mass is 10.1. The third-order valence-corrected chi connectivity index (χ3v) is 3.08. The average molecular weight is 319 g/mol. The molecule has 0 aliphatic carbocycles. The summed E-state index contributed by atoms with van der Waals surface area (Å²) >= 11 is 12.1. The molecule has 0 bridgehead atoms. The molecule has 0 spiro atoms. The van der Waals surface area contributed by atoms with Crippen molar-refractivity contribution in [1.82, 2.24) is 10.6 Å². The van der Waals surface area contributed by atoms with Gasteiger partial charge in [0.05, 0.1) is 5.02 Å². The number of amides is 1. The molecule has 1 amide bonds. The molecule has 1 aromatic rings. The molecule has 2 N–H and O–H groups in total. The molecule has 0 fully saturated rings. The van der Waals surface area contributed by atoms with E-state index in [1.54, 1.807) is 19.2 Å². The molecule has 0 aliphatic heterocycles. The van der Waals surface area contributed by atoms with Crippen molar-refractivity contribution < 1.29 is 9.53 Å². The minimum Gasteiger partial charge on any atom is -0.482 e. The third-order valence-electron chi connectivity index (χ3n) is 2.58. The second-order valence-electron chi connectivity index (χ2n) is 4.86. The Morgan fingerprint density at radius 2 is 2.05 bits per heavy atom. The van der Waals surface area contributed by atoms with Gasteiger partial charge in [-0.15, -0.1) is 0 Å². The van der Waals surface area contributed by atoms with Crippen molar-refractivity contribution in [2.45, 2.75) is 20.4 Å². The smallest absolute Gasteiger partial charge is 0.257 e. The summed E-state index contributed by atoms with van der Waals surface area (Å²) in [5.74, 6) is 0.827. The summed E-state index contributed by atoms with van der Waals surface area (Å²) in [7, 11) is 1.56. The van der Waals surface area contributed by atoms with Crippen LogP contribution in [0.3, 0.4) is 0 Å². The summed E-state index contributed by atoms with van der Waals surface area (Å²) in [4.78, 5) is 11.3.